The number of carbonyl (C=O) groups excluding carboxylic acids is 1. The van der Waals surface area contributed by atoms with Gasteiger partial charge in [0.05, 0.1) is 6.61 Å². The highest BCUT2D eigenvalue weighted by molar-refractivity contribution is 6.10. The molecule has 1 amide bonds. The van der Waals surface area contributed by atoms with Gasteiger partial charge in [-0.1, -0.05) is 54.6 Å². The number of nitrogens with one attached hydrogen (secondary N) is 1. The smallest absolute Gasteiger partial charge is 0.266 e. The molecule has 0 radical (unpaired) electrons. The van der Waals surface area contributed by atoms with Crippen LogP contribution in [0.25, 0.3) is 16.8 Å². The van der Waals surface area contributed by atoms with Gasteiger partial charge in [-0.3, -0.25) is 4.79 Å². The van der Waals surface area contributed by atoms with Gasteiger partial charge >= 0.3 is 0 Å². The molecule has 0 fully saturated rings. The molecule has 0 saturated carbocycles. The zero-order valence-electron chi connectivity index (χ0n) is 20.7. The number of nitriles is 1. The highest BCUT2D eigenvalue weighted by Crippen LogP contribution is 2.30. The Morgan fingerprint density at radius 3 is 2.50 bits per heavy atom. The minimum absolute atomic E-state index is 0.00295. The number of hydrogen-bond donors (Lipinski definition) is 1. The number of nitrogens with zero attached hydrogens (tertiary/aromatic N) is 1. The number of rotatable bonds is 8. The van der Waals surface area contributed by atoms with Crippen molar-refractivity contribution < 1.29 is 14.3 Å². The molecular weight excluding hydrogens is 448 g/mol. The highest BCUT2D eigenvalue weighted by Gasteiger charge is 2.13. The van der Waals surface area contributed by atoms with Gasteiger partial charge in [0.15, 0.2) is 11.5 Å². The van der Waals surface area contributed by atoms with Crippen molar-refractivity contribution in [3.05, 3.63) is 107 Å². The van der Waals surface area contributed by atoms with Crippen LogP contribution in [0.5, 0.6) is 11.5 Å². The molecule has 0 aliphatic rings. The molecule has 0 unspecified atom stereocenters. The number of benzene rings is 4. The monoisotopic (exact) mass is 476 g/mol. The number of hydrogen-bond acceptors (Lipinski definition) is 4. The second-order valence-corrected chi connectivity index (χ2v) is 8.55. The molecule has 180 valence electrons. The van der Waals surface area contributed by atoms with Gasteiger partial charge in [0.1, 0.15) is 18.2 Å². The van der Waals surface area contributed by atoms with Crippen LogP contribution in [-0.4, -0.2) is 12.5 Å². The van der Waals surface area contributed by atoms with E-state index in [0.717, 1.165) is 22.1 Å². The lowest BCUT2D eigenvalue weighted by atomic mass is 10.1. The average Bonchev–Trinajstić information content (AvgIpc) is 2.89. The summed E-state index contributed by atoms with van der Waals surface area (Å²) in [5.41, 5.74) is 4.37. The van der Waals surface area contributed by atoms with Gasteiger partial charge in [0.2, 0.25) is 0 Å². The van der Waals surface area contributed by atoms with Crippen LogP contribution in [0.15, 0.2) is 84.4 Å². The lowest BCUT2D eigenvalue weighted by Gasteiger charge is -2.13. The van der Waals surface area contributed by atoms with Gasteiger partial charge < -0.3 is 14.8 Å². The van der Waals surface area contributed by atoms with E-state index in [1.807, 2.05) is 63.2 Å². The third-order valence-corrected chi connectivity index (χ3v) is 5.79. The van der Waals surface area contributed by atoms with E-state index >= 15 is 0 Å². The number of anilines is 1. The number of ether oxygens (including phenoxy) is 2. The first kappa shape index (κ1) is 24.6. The Hall–Kier alpha value is -4.56. The number of aryl methyl sites for hydroxylation is 2. The quantitative estimate of drug-likeness (QED) is 0.220. The third kappa shape index (κ3) is 5.92. The van der Waals surface area contributed by atoms with E-state index in [0.29, 0.717) is 36.0 Å². The number of amides is 1. The molecule has 4 aromatic carbocycles. The van der Waals surface area contributed by atoms with Gasteiger partial charge in [0, 0.05) is 5.69 Å². The first-order valence-electron chi connectivity index (χ1n) is 11.8. The van der Waals surface area contributed by atoms with Gasteiger partial charge in [-0.15, -0.1) is 0 Å². The maximum absolute atomic E-state index is 12.8. The third-order valence-electron chi connectivity index (χ3n) is 5.79. The zero-order valence-corrected chi connectivity index (χ0v) is 20.7. The summed E-state index contributed by atoms with van der Waals surface area (Å²) in [5, 5.41) is 14.8. The Morgan fingerprint density at radius 2 is 1.72 bits per heavy atom. The van der Waals surface area contributed by atoms with E-state index < -0.39 is 5.91 Å². The lowest BCUT2D eigenvalue weighted by molar-refractivity contribution is -0.112. The summed E-state index contributed by atoms with van der Waals surface area (Å²) in [6.07, 6.45) is 1.55. The molecular formula is C31H28N2O3. The highest BCUT2D eigenvalue weighted by atomic mass is 16.5. The standard InChI is InChI=1S/C31H28N2O3/c1-4-35-30-18-23(16-27(19-32)31(34)33-28-15-21(2)9-10-22(28)3)12-14-29(30)36-20-24-11-13-25-7-5-6-8-26(25)17-24/h5-18H,4,20H2,1-3H3,(H,33,34)/b27-16+. The summed E-state index contributed by atoms with van der Waals surface area (Å²) in [7, 11) is 0. The van der Waals surface area contributed by atoms with Crippen molar-refractivity contribution in [2.75, 3.05) is 11.9 Å². The van der Waals surface area contributed by atoms with Crippen LogP contribution in [0.2, 0.25) is 0 Å². The fourth-order valence-electron chi connectivity index (χ4n) is 3.87. The Balaban J connectivity index is 1.52. The Morgan fingerprint density at radius 1 is 0.917 bits per heavy atom. The maximum Gasteiger partial charge on any atom is 0.266 e. The normalized spacial score (nSPS) is 11.1. The first-order valence-corrected chi connectivity index (χ1v) is 11.8. The molecule has 5 heteroatoms. The van der Waals surface area contributed by atoms with E-state index in [-0.39, 0.29) is 5.57 Å². The zero-order chi connectivity index (χ0) is 25.5. The molecule has 0 spiro atoms. The van der Waals surface area contributed by atoms with Crippen LogP contribution in [0.4, 0.5) is 5.69 Å². The van der Waals surface area contributed by atoms with Crippen molar-refractivity contribution in [2.45, 2.75) is 27.4 Å². The molecule has 4 rings (SSSR count). The summed E-state index contributed by atoms with van der Waals surface area (Å²) >= 11 is 0. The molecule has 36 heavy (non-hydrogen) atoms. The predicted octanol–water partition coefficient (Wildman–Crippen LogP) is 6.98. The van der Waals surface area contributed by atoms with E-state index in [1.165, 1.54) is 5.39 Å². The number of carbonyl (C=O) groups is 1. The fourth-order valence-corrected chi connectivity index (χ4v) is 3.87. The summed E-state index contributed by atoms with van der Waals surface area (Å²) in [6.45, 7) is 6.61. The molecule has 1 N–H and O–H groups in total. The Labute approximate surface area is 211 Å². The van der Waals surface area contributed by atoms with E-state index in [9.17, 15) is 10.1 Å². The predicted molar refractivity (Wildman–Crippen MR) is 144 cm³/mol. The lowest BCUT2D eigenvalue weighted by Crippen LogP contribution is -2.14. The molecule has 0 bridgehead atoms. The molecule has 4 aromatic rings. The summed E-state index contributed by atoms with van der Waals surface area (Å²) < 4.78 is 11.9. The molecule has 0 aromatic heterocycles. The maximum atomic E-state index is 12.8. The summed E-state index contributed by atoms with van der Waals surface area (Å²) in [4.78, 5) is 12.8. The van der Waals surface area contributed by atoms with E-state index in [4.69, 9.17) is 9.47 Å². The molecule has 0 heterocycles. The largest absolute Gasteiger partial charge is 0.490 e. The first-order chi connectivity index (χ1) is 17.5. The van der Waals surface area contributed by atoms with Crippen LogP contribution in [0.3, 0.4) is 0 Å². The van der Waals surface area contributed by atoms with Crippen LogP contribution >= 0.6 is 0 Å². The van der Waals surface area contributed by atoms with E-state index in [2.05, 4.69) is 29.6 Å². The van der Waals surface area contributed by atoms with Gasteiger partial charge in [-0.2, -0.15) is 5.26 Å². The fraction of sp³-hybridized carbons (Fsp3) is 0.161. The van der Waals surface area contributed by atoms with Crippen molar-refractivity contribution in [1.29, 1.82) is 5.26 Å². The molecule has 0 saturated heterocycles. The van der Waals surface area contributed by atoms with Crippen molar-refractivity contribution in [1.82, 2.24) is 0 Å². The van der Waals surface area contributed by atoms with Crippen LogP contribution in [0, 0.1) is 25.2 Å². The minimum atomic E-state index is -0.458. The van der Waals surface area contributed by atoms with E-state index in [1.54, 1.807) is 24.3 Å². The molecule has 5 nitrogen and oxygen atoms in total. The Bertz CT molecular complexity index is 1480. The number of fused-ring (bicyclic) bond motifs is 1. The molecule has 0 aliphatic heterocycles. The molecule has 0 aliphatic carbocycles. The summed E-state index contributed by atoms with van der Waals surface area (Å²) in [6, 6.07) is 27.6. The van der Waals surface area contributed by atoms with Gasteiger partial charge in [0.25, 0.3) is 5.91 Å². The van der Waals surface area contributed by atoms with Crippen LogP contribution < -0.4 is 14.8 Å². The second-order valence-electron chi connectivity index (χ2n) is 8.55. The van der Waals surface area contributed by atoms with Crippen LogP contribution in [0.1, 0.15) is 29.2 Å². The topological polar surface area (TPSA) is 71.3 Å². The SMILES string of the molecule is CCOc1cc(/C=C(\C#N)C(=O)Nc2cc(C)ccc2C)ccc1OCc1ccc2ccccc2c1. The van der Waals surface area contributed by atoms with Gasteiger partial charge in [-0.05, 0) is 84.1 Å². The van der Waals surface area contributed by atoms with Crippen molar-refractivity contribution >= 4 is 28.4 Å². The van der Waals surface area contributed by atoms with Crippen molar-refractivity contribution in [3.63, 3.8) is 0 Å². The average molecular weight is 477 g/mol. The minimum Gasteiger partial charge on any atom is -0.490 e. The second kappa shape index (κ2) is 11.2. The van der Waals surface area contributed by atoms with Crippen molar-refractivity contribution in [3.8, 4) is 17.6 Å². The van der Waals surface area contributed by atoms with Gasteiger partial charge in [-0.25, -0.2) is 0 Å². The van der Waals surface area contributed by atoms with Crippen molar-refractivity contribution in [2.24, 2.45) is 0 Å². The summed E-state index contributed by atoms with van der Waals surface area (Å²) in [5.74, 6) is 0.695. The molecule has 0 atom stereocenters. The Kier molecular flexibility index (Phi) is 7.67. The van der Waals surface area contributed by atoms with Crippen LogP contribution in [-0.2, 0) is 11.4 Å².